The van der Waals surface area contributed by atoms with Crippen molar-refractivity contribution in [2.75, 3.05) is 0 Å². The highest BCUT2D eigenvalue weighted by molar-refractivity contribution is 7.98. The van der Waals surface area contributed by atoms with Gasteiger partial charge in [0.05, 0.1) is 0 Å². The number of amidine groups is 1. The fourth-order valence-corrected chi connectivity index (χ4v) is 2.71. The van der Waals surface area contributed by atoms with Crippen molar-refractivity contribution in [3.8, 4) is 0 Å². The van der Waals surface area contributed by atoms with Crippen LogP contribution < -0.4 is 5.73 Å². The summed E-state index contributed by atoms with van der Waals surface area (Å²) in [4.78, 5) is 5.20. The van der Waals surface area contributed by atoms with E-state index in [2.05, 4.69) is 4.98 Å². The molecule has 0 saturated carbocycles. The Balaban J connectivity index is 2.13. The molecule has 5 heteroatoms. The van der Waals surface area contributed by atoms with Crippen molar-refractivity contribution < 1.29 is 0 Å². The molecule has 0 bridgehead atoms. The Morgan fingerprint density at radius 3 is 2.89 bits per heavy atom. The molecule has 0 aliphatic rings. The molecule has 1 aromatic heterocycles. The van der Waals surface area contributed by atoms with Gasteiger partial charge in [0.25, 0.3) is 0 Å². The van der Waals surface area contributed by atoms with E-state index in [1.54, 1.807) is 18.0 Å². The Bertz CT molecular complexity index is 572. The number of nitrogens with zero attached hydrogens (tertiary/aromatic N) is 1. The summed E-state index contributed by atoms with van der Waals surface area (Å²) in [5, 5.41) is 8.20. The lowest BCUT2D eigenvalue weighted by atomic mass is 10.2. The van der Waals surface area contributed by atoms with E-state index in [1.807, 2.05) is 36.4 Å². The highest BCUT2D eigenvalue weighted by atomic mass is 35.5. The predicted molar refractivity (Wildman–Crippen MR) is 76.3 cm³/mol. The summed E-state index contributed by atoms with van der Waals surface area (Å²) in [6.45, 7) is 0. The standard InChI is InChI=1S/C13H12ClN3S/c14-10-4-1-5-11(7-10)18-8-9-3-2-6-17-12(9)13(15)16/h1-7H,8H2,(H3,15,16). The maximum Gasteiger partial charge on any atom is 0.142 e. The number of hydrogen-bond donors (Lipinski definition) is 2. The fraction of sp³-hybridized carbons (Fsp3) is 0.0769. The van der Waals surface area contributed by atoms with E-state index < -0.39 is 0 Å². The molecule has 92 valence electrons. The van der Waals surface area contributed by atoms with E-state index in [-0.39, 0.29) is 5.84 Å². The molecule has 1 aromatic carbocycles. The number of nitrogen functional groups attached to an aromatic ring is 1. The Morgan fingerprint density at radius 2 is 2.17 bits per heavy atom. The smallest absolute Gasteiger partial charge is 0.142 e. The lowest BCUT2D eigenvalue weighted by molar-refractivity contribution is 1.19. The fourth-order valence-electron chi connectivity index (χ4n) is 1.52. The van der Waals surface area contributed by atoms with Crippen LogP contribution in [0.1, 0.15) is 11.3 Å². The molecule has 0 atom stereocenters. The first-order valence-electron chi connectivity index (χ1n) is 5.33. The normalized spacial score (nSPS) is 10.3. The number of hydrogen-bond acceptors (Lipinski definition) is 3. The van der Waals surface area contributed by atoms with Crippen molar-refractivity contribution in [3.63, 3.8) is 0 Å². The number of rotatable bonds is 4. The predicted octanol–water partition coefficient (Wildman–Crippen LogP) is 3.31. The largest absolute Gasteiger partial charge is 0.382 e. The molecule has 0 aliphatic carbocycles. The molecular weight excluding hydrogens is 266 g/mol. The molecule has 0 unspecified atom stereocenters. The third-order valence-electron chi connectivity index (χ3n) is 2.34. The van der Waals surface area contributed by atoms with Crippen molar-refractivity contribution in [2.24, 2.45) is 5.73 Å². The van der Waals surface area contributed by atoms with Crippen LogP contribution in [0, 0.1) is 5.41 Å². The minimum absolute atomic E-state index is 0.00251. The summed E-state index contributed by atoms with van der Waals surface area (Å²) < 4.78 is 0. The van der Waals surface area contributed by atoms with Gasteiger partial charge >= 0.3 is 0 Å². The highest BCUT2D eigenvalue weighted by Crippen LogP contribution is 2.25. The quantitative estimate of drug-likeness (QED) is 0.512. The van der Waals surface area contributed by atoms with Crippen LogP contribution in [0.3, 0.4) is 0 Å². The minimum Gasteiger partial charge on any atom is -0.382 e. The number of nitrogens with two attached hydrogens (primary N) is 1. The molecule has 0 fully saturated rings. The van der Waals surface area contributed by atoms with E-state index in [9.17, 15) is 0 Å². The zero-order chi connectivity index (χ0) is 13.0. The van der Waals surface area contributed by atoms with Crippen LogP contribution in [0.15, 0.2) is 47.5 Å². The second-order valence-electron chi connectivity index (χ2n) is 3.67. The number of halogens is 1. The molecule has 0 saturated heterocycles. The van der Waals surface area contributed by atoms with Crippen molar-refractivity contribution >= 4 is 29.2 Å². The van der Waals surface area contributed by atoms with Crippen LogP contribution in [0.4, 0.5) is 0 Å². The third kappa shape index (κ3) is 3.24. The van der Waals surface area contributed by atoms with E-state index in [0.717, 1.165) is 15.5 Å². The zero-order valence-electron chi connectivity index (χ0n) is 9.56. The molecule has 0 radical (unpaired) electrons. The van der Waals surface area contributed by atoms with E-state index in [4.69, 9.17) is 22.7 Å². The first-order chi connectivity index (χ1) is 8.66. The summed E-state index contributed by atoms with van der Waals surface area (Å²) in [6.07, 6.45) is 1.64. The Hall–Kier alpha value is -1.52. The molecule has 2 rings (SSSR count). The SMILES string of the molecule is N=C(N)c1ncccc1CSc1cccc(Cl)c1. The lowest BCUT2D eigenvalue weighted by Gasteiger charge is -2.06. The van der Waals surface area contributed by atoms with Crippen LogP contribution >= 0.6 is 23.4 Å². The van der Waals surface area contributed by atoms with Gasteiger partial charge in [-0.15, -0.1) is 11.8 Å². The summed E-state index contributed by atoms with van der Waals surface area (Å²) in [5.41, 5.74) is 7.00. The molecule has 0 spiro atoms. The molecule has 3 N–H and O–H groups in total. The number of benzene rings is 1. The van der Waals surface area contributed by atoms with Gasteiger partial charge in [-0.3, -0.25) is 10.4 Å². The molecule has 0 amide bonds. The van der Waals surface area contributed by atoms with E-state index in [0.29, 0.717) is 11.4 Å². The highest BCUT2D eigenvalue weighted by Gasteiger charge is 2.06. The topological polar surface area (TPSA) is 62.8 Å². The van der Waals surface area contributed by atoms with Crippen LogP contribution in [0.2, 0.25) is 5.02 Å². The molecule has 18 heavy (non-hydrogen) atoms. The number of aromatic nitrogens is 1. The molecular formula is C13H12ClN3S. The second kappa shape index (κ2) is 5.89. The minimum atomic E-state index is -0.00251. The first-order valence-corrected chi connectivity index (χ1v) is 6.70. The molecule has 3 nitrogen and oxygen atoms in total. The van der Waals surface area contributed by atoms with Gasteiger partial charge in [-0.05, 0) is 29.8 Å². The number of nitrogens with one attached hydrogen (secondary N) is 1. The van der Waals surface area contributed by atoms with Gasteiger partial charge in [-0.1, -0.05) is 23.7 Å². The van der Waals surface area contributed by atoms with Gasteiger partial charge in [0, 0.05) is 21.9 Å². The third-order valence-corrected chi connectivity index (χ3v) is 3.61. The molecule has 1 heterocycles. The average molecular weight is 278 g/mol. The summed E-state index contributed by atoms with van der Waals surface area (Å²) in [6, 6.07) is 11.5. The van der Waals surface area contributed by atoms with E-state index in [1.165, 1.54) is 0 Å². The van der Waals surface area contributed by atoms with Gasteiger partial charge in [0.15, 0.2) is 0 Å². The maximum atomic E-state index is 7.48. The average Bonchev–Trinajstić information content (AvgIpc) is 2.37. The van der Waals surface area contributed by atoms with Crippen molar-refractivity contribution in [2.45, 2.75) is 10.6 Å². The van der Waals surface area contributed by atoms with Crippen LogP contribution in [0.5, 0.6) is 0 Å². The number of pyridine rings is 1. The second-order valence-corrected chi connectivity index (χ2v) is 5.16. The maximum absolute atomic E-state index is 7.48. The van der Waals surface area contributed by atoms with Gasteiger partial charge in [-0.25, -0.2) is 0 Å². The monoisotopic (exact) mass is 277 g/mol. The van der Waals surface area contributed by atoms with Gasteiger partial charge in [-0.2, -0.15) is 0 Å². The molecule has 2 aromatic rings. The summed E-state index contributed by atoms with van der Waals surface area (Å²) in [5.74, 6) is 0.709. The van der Waals surface area contributed by atoms with Gasteiger partial charge < -0.3 is 5.73 Å². The number of thioether (sulfide) groups is 1. The van der Waals surface area contributed by atoms with Crippen LogP contribution in [0.25, 0.3) is 0 Å². The van der Waals surface area contributed by atoms with Crippen molar-refractivity contribution in [1.82, 2.24) is 4.98 Å². The summed E-state index contributed by atoms with van der Waals surface area (Å²) in [7, 11) is 0. The summed E-state index contributed by atoms with van der Waals surface area (Å²) >= 11 is 7.57. The van der Waals surface area contributed by atoms with Gasteiger partial charge in [0.2, 0.25) is 0 Å². The van der Waals surface area contributed by atoms with Crippen molar-refractivity contribution in [3.05, 3.63) is 58.9 Å². The van der Waals surface area contributed by atoms with Crippen LogP contribution in [-0.4, -0.2) is 10.8 Å². The van der Waals surface area contributed by atoms with E-state index >= 15 is 0 Å². The Morgan fingerprint density at radius 1 is 1.33 bits per heavy atom. The first kappa shape index (κ1) is 12.9. The zero-order valence-corrected chi connectivity index (χ0v) is 11.1. The molecule has 0 aliphatic heterocycles. The van der Waals surface area contributed by atoms with Crippen molar-refractivity contribution in [1.29, 1.82) is 5.41 Å². The Labute approximate surface area is 115 Å². The lowest BCUT2D eigenvalue weighted by Crippen LogP contribution is -2.15. The Kier molecular flexibility index (Phi) is 4.23. The van der Waals surface area contributed by atoms with Crippen LogP contribution in [-0.2, 0) is 5.75 Å². The van der Waals surface area contributed by atoms with Gasteiger partial charge in [0.1, 0.15) is 11.5 Å².